The van der Waals surface area contributed by atoms with Crippen molar-refractivity contribution in [3.63, 3.8) is 0 Å². The molecule has 8 heteroatoms. The lowest BCUT2D eigenvalue weighted by Crippen LogP contribution is -2.16. The number of rotatable bonds is 8. The van der Waals surface area contributed by atoms with Gasteiger partial charge in [0.05, 0.1) is 6.42 Å². The molecule has 0 saturated carbocycles. The standard InChI is InChI=1S/C18H20N2O6/c1-2-3-16-19-17(26-20-16)11-25-18(22)7-5-13(21)12-4-6-14-15(10-12)24-9-8-23-14/h4,6,10H,2-3,5,7-9,11H2,1H3. The first-order valence-corrected chi connectivity index (χ1v) is 8.55. The number of hydrogen-bond acceptors (Lipinski definition) is 8. The molecule has 0 bridgehead atoms. The van der Waals surface area contributed by atoms with Gasteiger partial charge in [-0.1, -0.05) is 12.1 Å². The number of carbonyl (C=O) groups excluding carboxylic acids is 2. The number of ether oxygens (including phenoxy) is 3. The summed E-state index contributed by atoms with van der Waals surface area (Å²) in [7, 11) is 0. The van der Waals surface area contributed by atoms with Crippen LogP contribution in [0.25, 0.3) is 0 Å². The van der Waals surface area contributed by atoms with Crippen molar-refractivity contribution in [2.75, 3.05) is 13.2 Å². The molecule has 0 radical (unpaired) electrons. The maximum atomic E-state index is 12.2. The van der Waals surface area contributed by atoms with Gasteiger partial charge in [-0.3, -0.25) is 9.59 Å². The zero-order valence-electron chi connectivity index (χ0n) is 14.5. The van der Waals surface area contributed by atoms with E-state index in [1.165, 1.54) is 0 Å². The molecule has 1 aliphatic rings. The topological polar surface area (TPSA) is 101 Å². The van der Waals surface area contributed by atoms with E-state index in [4.69, 9.17) is 18.7 Å². The van der Waals surface area contributed by atoms with Gasteiger partial charge in [-0.25, -0.2) is 0 Å². The van der Waals surface area contributed by atoms with E-state index >= 15 is 0 Å². The molecule has 8 nitrogen and oxygen atoms in total. The number of aryl methyl sites for hydroxylation is 1. The third-order valence-electron chi connectivity index (χ3n) is 3.76. The predicted octanol–water partition coefficient (Wildman–Crippen LogP) is 2.50. The highest BCUT2D eigenvalue weighted by molar-refractivity contribution is 5.98. The van der Waals surface area contributed by atoms with E-state index in [2.05, 4.69) is 10.1 Å². The van der Waals surface area contributed by atoms with Crippen LogP contribution in [0.4, 0.5) is 0 Å². The average Bonchev–Trinajstić information content (AvgIpc) is 3.12. The minimum absolute atomic E-state index is 0.0246. The van der Waals surface area contributed by atoms with Crippen LogP contribution in [0.2, 0.25) is 0 Å². The van der Waals surface area contributed by atoms with Gasteiger partial charge < -0.3 is 18.7 Å². The van der Waals surface area contributed by atoms with E-state index in [1.807, 2.05) is 6.92 Å². The fourth-order valence-corrected chi connectivity index (χ4v) is 2.47. The number of hydrogen-bond donors (Lipinski definition) is 0. The zero-order chi connectivity index (χ0) is 18.4. The summed E-state index contributed by atoms with van der Waals surface area (Å²) < 4.78 is 20.9. The average molecular weight is 360 g/mol. The van der Waals surface area contributed by atoms with Gasteiger partial charge in [0.1, 0.15) is 13.2 Å². The second-order valence-electron chi connectivity index (χ2n) is 5.80. The van der Waals surface area contributed by atoms with Crippen LogP contribution in [0, 0.1) is 0 Å². The van der Waals surface area contributed by atoms with Crippen molar-refractivity contribution in [2.45, 2.75) is 39.2 Å². The van der Waals surface area contributed by atoms with Gasteiger partial charge >= 0.3 is 5.97 Å². The lowest BCUT2D eigenvalue weighted by atomic mass is 10.1. The Morgan fingerprint density at radius 2 is 1.96 bits per heavy atom. The molecule has 1 aromatic heterocycles. The first-order chi connectivity index (χ1) is 12.7. The molecule has 0 N–H and O–H groups in total. The Morgan fingerprint density at radius 1 is 1.15 bits per heavy atom. The van der Waals surface area contributed by atoms with Crippen LogP contribution in [0.5, 0.6) is 11.5 Å². The molecule has 26 heavy (non-hydrogen) atoms. The molecular weight excluding hydrogens is 340 g/mol. The van der Waals surface area contributed by atoms with Crippen LogP contribution in [0.3, 0.4) is 0 Å². The molecule has 1 aliphatic heterocycles. The summed E-state index contributed by atoms with van der Waals surface area (Å²) in [5.74, 6) is 1.35. The molecular formula is C18H20N2O6. The number of fused-ring (bicyclic) bond motifs is 1. The highest BCUT2D eigenvalue weighted by atomic mass is 16.6. The SMILES string of the molecule is CCCc1noc(COC(=O)CCC(=O)c2ccc3c(c2)OCCO3)n1. The number of aromatic nitrogens is 2. The van der Waals surface area contributed by atoms with Gasteiger partial charge in [0.15, 0.2) is 29.7 Å². The highest BCUT2D eigenvalue weighted by Gasteiger charge is 2.16. The minimum Gasteiger partial charge on any atom is -0.486 e. The van der Waals surface area contributed by atoms with Crippen LogP contribution in [-0.2, 0) is 22.6 Å². The van der Waals surface area contributed by atoms with E-state index < -0.39 is 5.97 Å². The number of benzene rings is 1. The summed E-state index contributed by atoms with van der Waals surface area (Å²) in [6, 6.07) is 4.99. The van der Waals surface area contributed by atoms with Crippen molar-refractivity contribution < 1.29 is 28.3 Å². The summed E-state index contributed by atoms with van der Waals surface area (Å²) in [4.78, 5) is 28.2. The molecule has 0 atom stereocenters. The third kappa shape index (κ3) is 4.59. The summed E-state index contributed by atoms with van der Waals surface area (Å²) >= 11 is 0. The molecule has 2 aromatic rings. The van der Waals surface area contributed by atoms with Gasteiger partial charge in [0, 0.05) is 18.4 Å². The monoisotopic (exact) mass is 360 g/mol. The smallest absolute Gasteiger partial charge is 0.306 e. The quantitative estimate of drug-likeness (QED) is 0.523. The normalized spacial score (nSPS) is 12.7. The van der Waals surface area contributed by atoms with E-state index in [1.54, 1.807) is 18.2 Å². The van der Waals surface area contributed by atoms with Crippen LogP contribution >= 0.6 is 0 Å². The van der Waals surface area contributed by atoms with Crippen molar-refractivity contribution in [1.29, 1.82) is 0 Å². The van der Waals surface area contributed by atoms with Gasteiger partial charge in [-0.05, 0) is 24.6 Å². The van der Waals surface area contributed by atoms with Crippen molar-refractivity contribution in [1.82, 2.24) is 10.1 Å². The molecule has 0 amide bonds. The summed E-state index contributed by atoms with van der Waals surface area (Å²) in [6.07, 6.45) is 1.63. The molecule has 0 spiro atoms. The Kier molecular flexibility index (Phi) is 5.83. The van der Waals surface area contributed by atoms with Crippen LogP contribution in [0.15, 0.2) is 22.7 Å². The number of esters is 1. The Balaban J connectivity index is 1.45. The van der Waals surface area contributed by atoms with Crippen LogP contribution < -0.4 is 9.47 Å². The molecule has 138 valence electrons. The summed E-state index contributed by atoms with van der Waals surface area (Å²) in [5.41, 5.74) is 0.475. The number of nitrogens with zero attached hydrogens (tertiary/aromatic N) is 2. The fourth-order valence-electron chi connectivity index (χ4n) is 2.47. The van der Waals surface area contributed by atoms with Crippen molar-refractivity contribution >= 4 is 11.8 Å². The van der Waals surface area contributed by atoms with E-state index in [9.17, 15) is 9.59 Å². The number of ketones is 1. The van der Waals surface area contributed by atoms with Crippen molar-refractivity contribution in [3.8, 4) is 11.5 Å². The van der Waals surface area contributed by atoms with Gasteiger partial charge in [-0.15, -0.1) is 0 Å². The Bertz CT molecular complexity index is 786. The minimum atomic E-state index is -0.494. The third-order valence-corrected chi connectivity index (χ3v) is 3.76. The van der Waals surface area contributed by atoms with E-state index in [0.717, 1.165) is 6.42 Å². The first kappa shape index (κ1) is 17.9. The van der Waals surface area contributed by atoms with E-state index in [0.29, 0.717) is 42.5 Å². The lowest BCUT2D eigenvalue weighted by Gasteiger charge is -2.18. The Morgan fingerprint density at radius 3 is 2.77 bits per heavy atom. The fraction of sp³-hybridized carbons (Fsp3) is 0.444. The van der Waals surface area contributed by atoms with Crippen molar-refractivity contribution in [2.24, 2.45) is 0 Å². The molecule has 2 heterocycles. The van der Waals surface area contributed by atoms with Crippen molar-refractivity contribution in [3.05, 3.63) is 35.5 Å². The zero-order valence-corrected chi connectivity index (χ0v) is 14.5. The number of Topliss-reactive ketones (excluding diaryl/α,β-unsaturated/α-hetero) is 1. The van der Waals surface area contributed by atoms with Gasteiger partial charge in [0.25, 0.3) is 5.89 Å². The van der Waals surface area contributed by atoms with Crippen LogP contribution in [0.1, 0.15) is 48.3 Å². The molecule has 0 unspecified atom stereocenters. The molecule has 0 aliphatic carbocycles. The molecule has 1 aromatic carbocycles. The highest BCUT2D eigenvalue weighted by Crippen LogP contribution is 2.31. The van der Waals surface area contributed by atoms with E-state index in [-0.39, 0.29) is 31.1 Å². The lowest BCUT2D eigenvalue weighted by molar-refractivity contribution is -0.145. The summed E-state index contributed by atoms with van der Waals surface area (Å²) in [6.45, 7) is 2.86. The Labute approximate surface area is 150 Å². The predicted molar refractivity (Wildman–Crippen MR) is 89.1 cm³/mol. The van der Waals surface area contributed by atoms with Crippen LogP contribution in [-0.4, -0.2) is 35.1 Å². The van der Waals surface area contributed by atoms with Gasteiger partial charge in [-0.2, -0.15) is 4.98 Å². The summed E-state index contributed by atoms with van der Waals surface area (Å²) in [5, 5.41) is 3.78. The maximum Gasteiger partial charge on any atom is 0.306 e. The second-order valence-corrected chi connectivity index (χ2v) is 5.80. The van der Waals surface area contributed by atoms with Gasteiger partial charge in [0.2, 0.25) is 0 Å². The largest absolute Gasteiger partial charge is 0.486 e. The first-order valence-electron chi connectivity index (χ1n) is 8.55. The molecule has 0 saturated heterocycles. The Hall–Kier alpha value is -2.90. The number of carbonyl (C=O) groups is 2. The molecule has 3 rings (SSSR count). The maximum absolute atomic E-state index is 12.2. The second kappa shape index (κ2) is 8.46. The molecule has 0 fully saturated rings.